The van der Waals surface area contributed by atoms with Gasteiger partial charge < -0.3 is 10.2 Å². The lowest BCUT2D eigenvalue weighted by Gasteiger charge is -2.31. The molecule has 0 amide bonds. The van der Waals surface area contributed by atoms with Gasteiger partial charge in [-0.1, -0.05) is 34.1 Å². The van der Waals surface area contributed by atoms with E-state index in [-0.39, 0.29) is 19.0 Å². The molecule has 0 saturated carbocycles. The van der Waals surface area contributed by atoms with Crippen LogP contribution in [-0.2, 0) is 11.8 Å². The largest absolute Gasteiger partial charge is 0.395 e. The van der Waals surface area contributed by atoms with Crippen LogP contribution in [0, 0.1) is 12.7 Å². The van der Waals surface area contributed by atoms with E-state index in [0.29, 0.717) is 6.42 Å². The zero-order valence-electron chi connectivity index (χ0n) is 11.8. The van der Waals surface area contributed by atoms with Crippen molar-refractivity contribution in [3.8, 4) is 0 Å². The van der Waals surface area contributed by atoms with E-state index in [0.717, 1.165) is 21.2 Å². The van der Waals surface area contributed by atoms with Crippen LogP contribution in [0.1, 0.15) is 16.7 Å². The summed E-state index contributed by atoms with van der Waals surface area (Å²) in [7, 11) is 0. The van der Waals surface area contributed by atoms with Crippen molar-refractivity contribution in [3.05, 3.63) is 69.4 Å². The summed E-state index contributed by atoms with van der Waals surface area (Å²) < 4.78 is 14.1. The third-order valence-corrected chi connectivity index (χ3v) is 4.42. The Kier molecular flexibility index (Phi) is 5.14. The highest BCUT2D eigenvalue weighted by Gasteiger charge is 2.31. The molecule has 2 aromatic carbocycles. The molecule has 0 atom stereocenters. The maximum atomic E-state index is 13.2. The highest BCUT2D eigenvalue weighted by atomic mass is 79.9. The molecule has 2 rings (SSSR count). The van der Waals surface area contributed by atoms with Gasteiger partial charge in [-0.05, 0) is 54.3 Å². The van der Waals surface area contributed by atoms with Gasteiger partial charge in [0.25, 0.3) is 0 Å². The fourth-order valence-electron chi connectivity index (χ4n) is 2.47. The van der Waals surface area contributed by atoms with Gasteiger partial charge in [-0.15, -0.1) is 0 Å². The third kappa shape index (κ3) is 3.51. The predicted molar refractivity (Wildman–Crippen MR) is 84.8 cm³/mol. The highest BCUT2D eigenvalue weighted by Crippen LogP contribution is 2.30. The van der Waals surface area contributed by atoms with Crippen molar-refractivity contribution in [3.63, 3.8) is 0 Å². The average molecular weight is 353 g/mol. The number of rotatable bonds is 5. The molecule has 2 N–H and O–H groups in total. The van der Waals surface area contributed by atoms with Crippen LogP contribution < -0.4 is 0 Å². The zero-order valence-corrected chi connectivity index (χ0v) is 13.4. The van der Waals surface area contributed by atoms with Gasteiger partial charge in [-0.25, -0.2) is 4.39 Å². The van der Waals surface area contributed by atoms with Crippen LogP contribution in [-0.4, -0.2) is 23.4 Å². The van der Waals surface area contributed by atoms with Crippen LogP contribution in [0.5, 0.6) is 0 Å². The lowest BCUT2D eigenvalue weighted by Crippen LogP contribution is -2.37. The number of aryl methyl sites for hydroxylation is 1. The number of benzene rings is 2. The summed E-state index contributed by atoms with van der Waals surface area (Å²) >= 11 is 3.38. The zero-order chi connectivity index (χ0) is 15.5. The van der Waals surface area contributed by atoms with Gasteiger partial charge >= 0.3 is 0 Å². The van der Waals surface area contributed by atoms with Gasteiger partial charge in [-0.2, -0.15) is 0 Å². The maximum absolute atomic E-state index is 13.2. The Balaban J connectivity index is 2.40. The van der Waals surface area contributed by atoms with E-state index in [9.17, 15) is 14.6 Å². The molecule has 0 fully saturated rings. The quantitative estimate of drug-likeness (QED) is 0.866. The minimum Gasteiger partial charge on any atom is -0.395 e. The van der Waals surface area contributed by atoms with Gasteiger partial charge in [0.2, 0.25) is 0 Å². The molecule has 0 bridgehead atoms. The minimum absolute atomic E-state index is 0.179. The summed E-state index contributed by atoms with van der Waals surface area (Å²) in [6, 6.07) is 12.1. The van der Waals surface area contributed by atoms with E-state index in [2.05, 4.69) is 15.9 Å². The first-order valence-electron chi connectivity index (χ1n) is 6.73. The monoisotopic (exact) mass is 352 g/mol. The third-order valence-electron chi connectivity index (χ3n) is 3.90. The Morgan fingerprint density at radius 1 is 1.05 bits per heavy atom. The molecule has 112 valence electrons. The topological polar surface area (TPSA) is 40.5 Å². The van der Waals surface area contributed by atoms with Gasteiger partial charge in [-0.3, -0.25) is 0 Å². The normalized spacial score (nSPS) is 11.7. The maximum Gasteiger partial charge on any atom is 0.123 e. The fraction of sp³-hybridized carbons (Fsp3) is 0.294. The van der Waals surface area contributed by atoms with Crippen molar-refractivity contribution in [2.45, 2.75) is 18.8 Å². The molecule has 0 radical (unpaired) electrons. The van der Waals surface area contributed by atoms with Crippen LogP contribution in [0.25, 0.3) is 0 Å². The first-order valence-corrected chi connectivity index (χ1v) is 7.53. The molecule has 0 aromatic heterocycles. The number of aliphatic hydroxyl groups is 2. The first kappa shape index (κ1) is 16.1. The lowest BCUT2D eigenvalue weighted by molar-refractivity contribution is 0.116. The predicted octanol–water partition coefficient (Wildman–Crippen LogP) is 3.36. The smallest absolute Gasteiger partial charge is 0.123 e. The molecule has 2 nitrogen and oxygen atoms in total. The summed E-state index contributed by atoms with van der Waals surface area (Å²) in [6.07, 6.45) is 0.452. The van der Waals surface area contributed by atoms with Crippen molar-refractivity contribution in [1.82, 2.24) is 0 Å². The summed E-state index contributed by atoms with van der Waals surface area (Å²) in [5.41, 5.74) is 1.82. The van der Waals surface area contributed by atoms with Gasteiger partial charge in [0, 0.05) is 9.89 Å². The van der Waals surface area contributed by atoms with Crippen LogP contribution in [0.3, 0.4) is 0 Å². The van der Waals surface area contributed by atoms with Crippen molar-refractivity contribution in [2.75, 3.05) is 13.2 Å². The van der Waals surface area contributed by atoms with Crippen LogP contribution >= 0.6 is 15.9 Å². The van der Waals surface area contributed by atoms with Crippen LogP contribution in [0.15, 0.2) is 46.9 Å². The summed E-state index contributed by atoms with van der Waals surface area (Å²) in [6.45, 7) is 1.48. The van der Waals surface area contributed by atoms with E-state index in [1.165, 1.54) is 12.1 Å². The van der Waals surface area contributed by atoms with E-state index in [4.69, 9.17) is 0 Å². The Bertz CT molecular complexity index is 607. The molecule has 0 aliphatic carbocycles. The van der Waals surface area contributed by atoms with Crippen LogP contribution in [0.4, 0.5) is 4.39 Å². The highest BCUT2D eigenvalue weighted by molar-refractivity contribution is 9.10. The summed E-state index contributed by atoms with van der Waals surface area (Å²) in [5.74, 6) is -0.279. The second-order valence-corrected chi connectivity index (χ2v) is 6.27. The van der Waals surface area contributed by atoms with Gasteiger partial charge in [0.05, 0.1) is 13.2 Å². The van der Waals surface area contributed by atoms with Crippen molar-refractivity contribution >= 4 is 15.9 Å². The van der Waals surface area contributed by atoms with Crippen LogP contribution in [0.2, 0.25) is 0 Å². The molecule has 0 spiro atoms. The molecule has 0 aliphatic heterocycles. The molecule has 21 heavy (non-hydrogen) atoms. The lowest BCUT2D eigenvalue weighted by atomic mass is 9.76. The number of hydrogen-bond acceptors (Lipinski definition) is 2. The van der Waals surface area contributed by atoms with E-state index in [1.807, 2.05) is 31.2 Å². The molecule has 0 aliphatic rings. The van der Waals surface area contributed by atoms with E-state index >= 15 is 0 Å². The summed E-state index contributed by atoms with van der Waals surface area (Å²) in [5, 5.41) is 19.7. The molecule has 0 heterocycles. The van der Waals surface area contributed by atoms with Gasteiger partial charge in [0.1, 0.15) is 5.82 Å². The second kappa shape index (κ2) is 6.69. The Morgan fingerprint density at radius 3 is 2.19 bits per heavy atom. The van der Waals surface area contributed by atoms with Gasteiger partial charge in [0.15, 0.2) is 0 Å². The molecule has 2 aromatic rings. The Hall–Kier alpha value is -1.23. The number of halogens is 2. The van der Waals surface area contributed by atoms with Crippen molar-refractivity contribution in [1.29, 1.82) is 0 Å². The summed E-state index contributed by atoms with van der Waals surface area (Å²) in [4.78, 5) is 0. The molecule has 0 unspecified atom stereocenters. The molecular weight excluding hydrogens is 335 g/mol. The average Bonchev–Trinajstić information content (AvgIpc) is 2.48. The second-order valence-electron chi connectivity index (χ2n) is 5.35. The molecule has 4 heteroatoms. The Labute approximate surface area is 132 Å². The van der Waals surface area contributed by atoms with E-state index in [1.54, 1.807) is 6.07 Å². The molecular formula is C17H18BrFO2. The van der Waals surface area contributed by atoms with Crippen molar-refractivity contribution < 1.29 is 14.6 Å². The standard InChI is InChI=1S/C17H18BrFO2/c1-12-8-16(19)7-2-13(12)9-17(10-20,11-21)14-3-5-15(18)6-4-14/h2-8,20-21H,9-11H2,1H3. The first-order chi connectivity index (χ1) is 10.0. The fourth-order valence-corrected chi connectivity index (χ4v) is 2.74. The minimum atomic E-state index is -0.775. The number of aliphatic hydroxyl groups excluding tert-OH is 2. The van der Waals surface area contributed by atoms with Crippen molar-refractivity contribution in [2.24, 2.45) is 0 Å². The van der Waals surface area contributed by atoms with E-state index < -0.39 is 5.41 Å². The Morgan fingerprint density at radius 2 is 1.67 bits per heavy atom. The number of hydrogen-bond donors (Lipinski definition) is 2. The SMILES string of the molecule is Cc1cc(F)ccc1CC(CO)(CO)c1ccc(Br)cc1. The molecule has 0 saturated heterocycles.